The molecule has 0 radical (unpaired) electrons. The molecule has 4 rings (SSSR count). The van der Waals surface area contributed by atoms with Gasteiger partial charge in [-0.05, 0) is 60.9 Å². The monoisotopic (exact) mass is 450 g/mol. The quantitative estimate of drug-likeness (QED) is 0.476. The highest BCUT2D eigenvalue weighted by molar-refractivity contribution is 8.18. The Bertz CT molecular complexity index is 1030. The number of amides is 1. The minimum atomic E-state index is -0.229. The molecule has 0 aliphatic carbocycles. The van der Waals surface area contributed by atoms with E-state index in [-0.39, 0.29) is 17.8 Å². The second kappa shape index (κ2) is 10.5. The number of nitrogens with zero attached hydrogens (tertiary/aromatic N) is 2. The minimum absolute atomic E-state index is 0.0671. The lowest BCUT2D eigenvalue weighted by molar-refractivity contribution is -0.149. The number of benzene rings is 2. The van der Waals surface area contributed by atoms with Crippen LogP contribution in [0.4, 0.5) is 0 Å². The van der Waals surface area contributed by atoms with Crippen LogP contribution in [0.1, 0.15) is 30.9 Å². The third-order valence-corrected chi connectivity index (χ3v) is 6.44. The van der Waals surface area contributed by atoms with E-state index in [1.807, 2.05) is 67.6 Å². The summed E-state index contributed by atoms with van der Waals surface area (Å²) < 4.78 is 11.0. The molecule has 2 heterocycles. The van der Waals surface area contributed by atoms with Crippen LogP contribution in [0.3, 0.4) is 0 Å². The van der Waals surface area contributed by atoms with Gasteiger partial charge in [0.05, 0.1) is 17.4 Å². The van der Waals surface area contributed by atoms with E-state index < -0.39 is 0 Å². The number of carbonyl (C=O) groups is 2. The van der Waals surface area contributed by atoms with Crippen molar-refractivity contribution in [3.05, 3.63) is 70.6 Å². The van der Waals surface area contributed by atoms with Gasteiger partial charge >= 0.3 is 5.97 Å². The first kappa shape index (κ1) is 22.1. The van der Waals surface area contributed by atoms with Gasteiger partial charge < -0.3 is 14.4 Å². The fraction of sp³-hybridized carbons (Fsp3) is 0.320. The zero-order valence-corrected chi connectivity index (χ0v) is 18.8. The molecule has 0 aromatic heterocycles. The number of hydrogen-bond acceptors (Lipinski definition) is 6. The topological polar surface area (TPSA) is 68.2 Å². The number of thioether (sulfide) groups is 1. The van der Waals surface area contributed by atoms with E-state index in [1.54, 1.807) is 0 Å². The SMILES string of the molecule is CCOC(=O)C1CCN(C2=NC(=O)/C(=C/c3cccc(OCc4ccccc4)c3)S2)CC1. The maximum Gasteiger partial charge on any atom is 0.309 e. The molecule has 7 heteroatoms. The van der Waals surface area contributed by atoms with E-state index in [2.05, 4.69) is 9.89 Å². The minimum Gasteiger partial charge on any atom is -0.489 e. The van der Waals surface area contributed by atoms with Crippen LogP contribution in [0, 0.1) is 5.92 Å². The van der Waals surface area contributed by atoms with Crippen LogP contribution in [-0.4, -0.2) is 41.6 Å². The van der Waals surface area contributed by atoms with E-state index >= 15 is 0 Å². The largest absolute Gasteiger partial charge is 0.489 e. The highest BCUT2D eigenvalue weighted by Gasteiger charge is 2.31. The Labute approximate surface area is 192 Å². The molecule has 1 amide bonds. The maximum atomic E-state index is 12.5. The summed E-state index contributed by atoms with van der Waals surface area (Å²) in [6.45, 7) is 4.10. The molecule has 1 saturated heterocycles. The Morgan fingerprint density at radius 2 is 1.94 bits per heavy atom. The number of amidine groups is 1. The van der Waals surface area contributed by atoms with Gasteiger partial charge in [0, 0.05) is 13.1 Å². The van der Waals surface area contributed by atoms with E-state index in [9.17, 15) is 9.59 Å². The van der Waals surface area contributed by atoms with Gasteiger partial charge in [-0.15, -0.1) is 0 Å². The summed E-state index contributed by atoms with van der Waals surface area (Å²) in [7, 11) is 0. The van der Waals surface area contributed by atoms with Crippen LogP contribution in [0.15, 0.2) is 64.5 Å². The second-order valence-corrected chi connectivity index (χ2v) is 8.68. The summed E-state index contributed by atoms with van der Waals surface area (Å²) in [6.07, 6.45) is 3.28. The Kier molecular flexibility index (Phi) is 7.27. The molecule has 2 aromatic rings. The summed E-state index contributed by atoms with van der Waals surface area (Å²) in [5.41, 5.74) is 1.99. The number of rotatable bonds is 6. The summed E-state index contributed by atoms with van der Waals surface area (Å²) in [5.74, 6) is 0.329. The van der Waals surface area contributed by atoms with Crippen molar-refractivity contribution in [1.82, 2.24) is 4.90 Å². The smallest absolute Gasteiger partial charge is 0.309 e. The molecule has 2 aliphatic rings. The Morgan fingerprint density at radius 3 is 2.69 bits per heavy atom. The molecule has 6 nitrogen and oxygen atoms in total. The first-order chi connectivity index (χ1) is 15.6. The Balaban J connectivity index is 1.35. The predicted octanol–water partition coefficient (Wildman–Crippen LogP) is 4.51. The lowest BCUT2D eigenvalue weighted by Crippen LogP contribution is -2.39. The highest BCUT2D eigenvalue weighted by atomic mass is 32.2. The van der Waals surface area contributed by atoms with Crippen molar-refractivity contribution in [2.24, 2.45) is 10.9 Å². The summed E-state index contributed by atoms with van der Waals surface area (Å²) in [6, 6.07) is 17.7. The van der Waals surface area contributed by atoms with Crippen molar-refractivity contribution < 1.29 is 19.1 Å². The number of esters is 1. The number of piperidine rings is 1. The fourth-order valence-corrected chi connectivity index (χ4v) is 4.65. The maximum absolute atomic E-state index is 12.5. The van der Waals surface area contributed by atoms with Crippen LogP contribution < -0.4 is 4.74 Å². The van der Waals surface area contributed by atoms with Crippen molar-refractivity contribution in [1.29, 1.82) is 0 Å². The van der Waals surface area contributed by atoms with E-state index in [1.165, 1.54) is 11.8 Å². The van der Waals surface area contributed by atoms with Crippen LogP contribution in [0.25, 0.3) is 6.08 Å². The van der Waals surface area contributed by atoms with Gasteiger partial charge in [0.2, 0.25) is 0 Å². The van der Waals surface area contributed by atoms with Crippen LogP contribution >= 0.6 is 11.8 Å². The molecular formula is C25H26N2O4S. The summed E-state index contributed by atoms with van der Waals surface area (Å²) >= 11 is 1.39. The zero-order chi connectivity index (χ0) is 22.3. The normalized spacial score (nSPS) is 18.0. The average Bonchev–Trinajstić information content (AvgIpc) is 3.19. The fourth-order valence-electron chi connectivity index (χ4n) is 3.69. The molecular weight excluding hydrogens is 424 g/mol. The molecule has 0 spiro atoms. The lowest BCUT2D eigenvalue weighted by Gasteiger charge is -2.31. The average molecular weight is 451 g/mol. The van der Waals surface area contributed by atoms with Crippen LogP contribution in [0.5, 0.6) is 5.75 Å². The third-order valence-electron chi connectivity index (χ3n) is 5.40. The summed E-state index contributed by atoms with van der Waals surface area (Å²) in [4.78, 5) is 31.3. The van der Waals surface area contributed by atoms with Gasteiger partial charge in [-0.2, -0.15) is 4.99 Å². The first-order valence-corrected chi connectivity index (χ1v) is 11.6. The molecule has 0 unspecified atom stereocenters. The number of likely N-dealkylation sites (tertiary alicyclic amines) is 1. The van der Waals surface area contributed by atoms with Crippen LogP contribution in [-0.2, 0) is 20.9 Å². The van der Waals surface area contributed by atoms with Gasteiger partial charge in [0.15, 0.2) is 5.17 Å². The summed E-state index contributed by atoms with van der Waals surface area (Å²) in [5, 5.41) is 0.708. The first-order valence-electron chi connectivity index (χ1n) is 10.8. The molecule has 1 fully saturated rings. The molecule has 0 atom stereocenters. The Morgan fingerprint density at radius 1 is 1.16 bits per heavy atom. The molecule has 2 aromatic carbocycles. The van der Waals surface area contributed by atoms with Crippen LogP contribution in [0.2, 0.25) is 0 Å². The highest BCUT2D eigenvalue weighted by Crippen LogP contribution is 2.33. The van der Waals surface area contributed by atoms with Crippen molar-refractivity contribution in [2.45, 2.75) is 26.4 Å². The molecule has 32 heavy (non-hydrogen) atoms. The van der Waals surface area contributed by atoms with Gasteiger partial charge in [-0.1, -0.05) is 42.5 Å². The third kappa shape index (κ3) is 5.59. The van der Waals surface area contributed by atoms with E-state index in [0.29, 0.717) is 49.2 Å². The predicted molar refractivity (Wildman–Crippen MR) is 126 cm³/mol. The number of hydrogen-bond donors (Lipinski definition) is 0. The zero-order valence-electron chi connectivity index (χ0n) is 18.0. The van der Waals surface area contributed by atoms with Crippen molar-refractivity contribution in [3.63, 3.8) is 0 Å². The van der Waals surface area contributed by atoms with Gasteiger partial charge in [0.1, 0.15) is 12.4 Å². The van der Waals surface area contributed by atoms with Crippen molar-refractivity contribution in [2.75, 3.05) is 19.7 Å². The van der Waals surface area contributed by atoms with E-state index in [4.69, 9.17) is 9.47 Å². The Hall–Kier alpha value is -3.06. The molecule has 166 valence electrons. The van der Waals surface area contributed by atoms with E-state index in [0.717, 1.165) is 16.9 Å². The number of ether oxygens (including phenoxy) is 2. The van der Waals surface area contributed by atoms with Gasteiger partial charge in [0.25, 0.3) is 5.91 Å². The second-order valence-electron chi connectivity index (χ2n) is 7.67. The van der Waals surface area contributed by atoms with Gasteiger partial charge in [-0.3, -0.25) is 9.59 Å². The van der Waals surface area contributed by atoms with Gasteiger partial charge in [-0.25, -0.2) is 0 Å². The molecule has 2 aliphatic heterocycles. The van der Waals surface area contributed by atoms with Crippen molar-refractivity contribution in [3.8, 4) is 5.75 Å². The molecule has 0 saturated carbocycles. The molecule has 0 bridgehead atoms. The lowest BCUT2D eigenvalue weighted by atomic mass is 9.97. The van der Waals surface area contributed by atoms with Crippen molar-refractivity contribution >= 4 is 34.9 Å². The number of aliphatic imine (C=N–C) groups is 1. The standard InChI is InChI=1S/C25H26N2O4S/c1-2-30-24(29)20-11-13-27(14-12-20)25-26-23(28)22(32-25)16-19-9-6-10-21(15-19)31-17-18-7-4-3-5-8-18/h3-10,15-16,20H,2,11-14,17H2,1H3/b22-16-. The number of carbonyl (C=O) groups excluding carboxylic acids is 2. The molecule has 0 N–H and O–H groups in total.